The van der Waals surface area contributed by atoms with Crippen LogP contribution in [-0.2, 0) is 36.3 Å². The molecule has 1 aromatic rings. The Morgan fingerprint density at radius 1 is 0.839 bits per heavy atom. The lowest BCUT2D eigenvalue weighted by Gasteiger charge is -2.28. The van der Waals surface area contributed by atoms with E-state index in [2.05, 4.69) is 0 Å². The van der Waals surface area contributed by atoms with Gasteiger partial charge in [0.05, 0.1) is 13.2 Å². The number of esters is 2. The van der Waals surface area contributed by atoms with Crippen molar-refractivity contribution in [2.24, 2.45) is 5.92 Å². The average Bonchev–Trinajstić information content (AvgIpc) is 2.65. The molecule has 0 amide bonds. The van der Waals surface area contributed by atoms with E-state index in [9.17, 15) is 14.7 Å². The van der Waals surface area contributed by atoms with Gasteiger partial charge >= 0.3 is 11.9 Å². The van der Waals surface area contributed by atoms with Crippen molar-refractivity contribution in [2.45, 2.75) is 98.3 Å². The molecular formula is C26H42O5. The molecule has 0 bridgehead atoms. The van der Waals surface area contributed by atoms with Gasteiger partial charge in [0.15, 0.2) is 5.92 Å². The number of unbranched alkanes of at least 4 members (excludes halogenated alkanes) is 2. The van der Waals surface area contributed by atoms with Crippen LogP contribution in [0.2, 0.25) is 0 Å². The van der Waals surface area contributed by atoms with Crippen molar-refractivity contribution in [1.82, 2.24) is 0 Å². The van der Waals surface area contributed by atoms with E-state index in [0.717, 1.165) is 42.4 Å². The van der Waals surface area contributed by atoms with Gasteiger partial charge in [0.2, 0.25) is 0 Å². The Balaban J connectivity index is 3.33. The van der Waals surface area contributed by atoms with E-state index >= 15 is 0 Å². The van der Waals surface area contributed by atoms with Crippen LogP contribution in [0.3, 0.4) is 0 Å². The lowest BCUT2D eigenvalue weighted by molar-refractivity contribution is -0.162. The van der Waals surface area contributed by atoms with Crippen LogP contribution < -0.4 is 0 Å². The van der Waals surface area contributed by atoms with Crippen LogP contribution in [0.25, 0.3) is 0 Å². The Kier molecular flexibility index (Phi) is 10.1. The average molecular weight is 435 g/mol. The van der Waals surface area contributed by atoms with E-state index in [1.807, 2.05) is 67.5 Å². The van der Waals surface area contributed by atoms with Crippen LogP contribution >= 0.6 is 0 Å². The van der Waals surface area contributed by atoms with Gasteiger partial charge in [0.25, 0.3) is 0 Å². The molecule has 5 heteroatoms. The second kappa shape index (κ2) is 11.5. The molecule has 0 heterocycles. The van der Waals surface area contributed by atoms with Crippen molar-refractivity contribution in [3.05, 3.63) is 28.8 Å². The predicted molar refractivity (Wildman–Crippen MR) is 124 cm³/mol. The summed E-state index contributed by atoms with van der Waals surface area (Å²) in [6.45, 7) is 16.8. The number of hydrogen-bond acceptors (Lipinski definition) is 5. The molecule has 0 radical (unpaired) electrons. The maximum atomic E-state index is 12.8. The molecule has 176 valence electrons. The summed E-state index contributed by atoms with van der Waals surface area (Å²) in [5.74, 6) is -1.83. The molecule has 5 nitrogen and oxygen atoms in total. The highest BCUT2D eigenvalue weighted by atomic mass is 16.6. The monoisotopic (exact) mass is 434 g/mol. The van der Waals surface area contributed by atoms with E-state index < -0.39 is 17.9 Å². The number of carbonyl (C=O) groups is 2. The molecule has 0 aliphatic carbocycles. The SMILES string of the molecule is CCCCOC(=O)C(Cc1cc(C(C)(C)C)c(O)c(C(C)(C)C)c1)C(=O)OCCCC. The highest BCUT2D eigenvalue weighted by Gasteiger charge is 2.32. The van der Waals surface area contributed by atoms with Gasteiger partial charge in [-0.3, -0.25) is 9.59 Å². The zero-order valence-corrected chi connectivity index (χ0v) is 20.8. The zero-order chi connectivity index (χ0) is 23.8. The number of phenolic OH excluding ortho intramolecular Hbond substituents is 1. The summed E-state index contributed by atoms with van der Waals surface area (Å²) in [6.07, 6.45) is 3.50. The van der Waals surface area contributed by atoms with E-state index in [1.165, 1.54) is 0 Å². The van der Waals surface area contributed by atoms with Crippen LogP contribution in [0.15, 0.2) is 12.1 Å². The number of aromatic hydroxyl groups is 1. The topological polar surface area (TPSA) is 72.8 Å². The lowest BCUT2D eigenvalue weighted by atomic mass is 9.77. The molecule has 0 aromatic heterocycles. The van der Waals surface area contributed by atoms with Gasteiger partial charge in [-0.05, 0) is 46.8 Å². The first-order chi connectivity index (χ1) is 14.3. The second-order valence-electron chi connectivity index (χ2n) is 10.3. The molecule has 0 spiro atoms. The van der Waals surface area contributed by atoms with Gasteiger partial charge in [-0.1, -0.05) is 80.4 Å². The Morgan fingerprint density at radius 3 is 1.55 bits per heavy atom. The van der Waals surface area contributed by atoms with Gasteiger partial charge in [-0.15, -0.1) is 0 Å². The normalized spacial score (nSPS) is 12.2. The van der Waals surface area contributed by atoms with E-state index in [4.69, 9.17) is 9.47 Å². The lowest BCUT2D eigenvalue weighted by Crippen LogP contribution is -2.31. The molecule has 0 aliphatic rings. The third-order valence-corrected chi connectivity index (χ3v) is 5.28. The van der Waals surface area contributed by atoms with E-state index in [0.29, 0.717) is 13.2 Å². The van der Waals surface area contributed by atoms with Crippen molar-refractivity contribution in [1.29, 1.82) is 0 Å². The van der Waals surface area contributed by atoms with Gasteiger partial charge in [0.1, 0.15) is 5.75 Å². The van der Waals surface area contributed by atoms with Crippen molar-refractivity contribution < 1.29 is 24.2 Å². The molecule has 1 aromatic carbocycles. The molecule has 0 unspecified atom stereocenters. The van der Waals surface area contributed by atoms with Crippen LogP contribution in [0, 0.1) is 5.92 Å². The van der Waals surface area contributed by atoms with Crippen molar-refractivity contribution in [2.75, 3.05) is 13.2 Å². The summed E-state index contributed by atoms with van der Waals surface area (Å²) in [5, 5.41) is 10.9. The van der Waals surface area contributed by atoms with Gasteiger partial charge in [-0.2, -0.15) is 0 Å². The highest BCUT2D eigenvalue weighted by Crippen LogP contribution is 2.40. The maximum absolute atomic E-state index is 12.8. The van der Waals surface area contributed by atoms with Gasteiger partial charge < -0.3 is 14.6 Å². The first kappa shape index (κ1) is 27.0. The van der Waals surface area contributed by atoms with E-state index in [-0.39, 0.29) is 23.0 Å². The number of phenols is 1. The quantitative estimate of drug-likeness (QED) is 0.285. The Bertz CT molecular complexity index is 680. The van der Waals surface area contributed by atoms with Gasteiger partial charge in [0, 0.05) is 0 Å². The fourth-order valence-corrected chi connectivity index (χ4v) is 3.29. The Hall–Kier alpha value is -2.04. The third kappa shape index (κ3) is 8.19. The fraction of sp³-hybridized carbons (Fsp3) is 0.692. The van der Waals surface area contributed by atoms with Crippen molar-refractivity contribution in [3.8, 4) is 5.75 Å². The number of benzene rings is 1. The summed E-state index contributed by atoms with van der Waals surface area (Å²) < 4.78 is 10.7. The highest BCUT2D eigenvalue weighted by molar-refractivity contribution is 5.95. The summed E-state index contributed by atoms with van der Waals surface area (Å²) in [4.78, 5) is 25.5. The molecule has 0 fully saturated rings. The number of rotatable bonds is 10. The molecular weight excluding hydrogens is 392 g/mol. The Morgan fingerprint density at radius 2 is 1.23 bits per heavy atom. The van der Waals surface area contributed by atoms with Gasteiger partial charge in [-0.25, -0.2) is 0 Å². The van der Waals surface area contributed by atoms with E-state index in [1.54, 1.807) is 0 Å². The van der Waals surface area contributed by atoms with Crippen LogP contribution in [0.1, 0.15) is 97.8 Å². The molecule has 1 N–H and O–H groups in total. The molecule has 0 aliphatic heterocycles. The first-order valence-electron chi connectivity index (χ1n) is 11.5. The van der Waals surface area contributed by atoms with Crippen LogP contribution in [0.5, 0.6) is 5.75 Å². The summed E-state index contributed by atoms with van der Waals surface area (Å²) >= 11 is 0. The van der Waals surface area contributed by atoms with Crippen LogP contribution in [-0.4, -0.2) is 30.3 Å². The molecule has 31 heavy (non-hydrogen) atoms. The zero-order valence-electron chi connectivity index (χ0n) is 20.8. The number of carbonyl (C=O) groups excluding carboxylic acids is 2. The molecule has 0 atom stereocenters. The number of ether oxygens (including phenoxy) is 2. The largest absolute Gasteiger partial charge is 0.507 e. The first-order valence-corrected chi connectivity index (χ1v) is 11.5. The maximum Gasteiger partial charge on any atom is 0.320 e. The smallest absolute Gasteiger partial charge is 0.320 e. The fourth-order valence-electron chi connectivity index (χ4n) is 3.29. The van der Waals surface area contributed by atoms with Crippen LogP contribution in [0.4, 0.5) is 0 Å². The summed E-state index contributed by atoms with van der Waals surface area (Å²) in [5.41, 5.74) is 1.83. The van der Waals surface area contributed by atoms with Crippen molar-refractivity contribution in [3.63, 3.8) is 0 Å². The Labute approximate surface area is 188 Å². The minimum atomic E-state index is -1.01. The minimum absolute atomic E-state index is 0.183. The molecule has 1 rings (SSSR count). The predicted octanol–water partition coefficient (Wildman–Crippen LogP) is 5.83. The second-order valence-corrected chi connectivity index (χ2v) is 10.3. The standard InChI is InChI=1S/C26H42O5/c1-9-11-13-30-23(28)19(24(29)31-14-12-10-2)15-18-16-20(25(3,4)5)22(27)21(17-18)26(6,7)8/h16-17,19,27H,9-15H2,1-8H3. The molecule has 0 saturated carbocycles. The molecule has 0 saturated heterocycles. The number of hydrogen-bond donors (Lipinski definition) is 1. The minimum Gasteiger partial charge on any atom is -0.507 e. The third-order valence-electron chi connectivity index (χ3n) is 5.28. The van der Waals surface area contributed by atoms with Crippen molar-refractivity contribution >= 4 is 11.9 Å². The summed E-state index contributed by atoms with van der Waals surface area (Å²) in [6, 6.07) is 3.80. The summed E-state index contributed by atoms with van der Waals surface area (Å²) in [7, 11) is 0.